The first-order chi connectivity index (χ1) is 14.5. The van der Waals surface area contributed by atoms with Gasteiger partial charge in [-0.05, 0) is 36.1 Å². The number of aryl methyl sites for hydroxylation is 1. The Kier molecular flexibility index (Phi) is 5.36. The van der Waals surface area contributed by atoms with E-state index in [2.05, 4.69) is 15.5 Å². The zero-order chi connectivity index (χ0) is 21.1. The second kappa shape index (κ2) is 8.26. The first-order valence-electron chi connectivity index (χ1n) is 9.02. The summed E-state index contributed by atoms with van der Waals surface area (Å²) in [5.41, 5.74) is 1.97. The van der Waals surface area contributed by atoms with E-state index >= 15 is 0 Å². The highest BCUT2D eigenvalue weighted by molar-refractivity contribution is 7.13. The highest BCUT2D eigenvalue weighted by Gasteiger charge is 2.17. The number of carbonyl (C=O) groups excluding carboxylic acids is 1. The zero-order valence-electron chi connectivity index (χ0n) is 15.9. The van der Waals surface area contributed by atoms with Gasteiger partial charge in [0.2, 0.25) is 11.7 Å². The van der Waals surface area contributed by atoms with Gasteiger partial charge < -0.3 is 9.84 Å². The molecule has 4 rings (SSSR count). The average Bonchev–Trinajstić information content (AvgIpc) is 3.41. The summed E-state index contributed by atoms with van der Waals surface area (Å²) in [6.45, 7) is 1.63. The maximum Gasteiger partial charge on any atom is 0.273 e. The van der Waals surface area contributed by atoms with Gasteiger partial charge in [-0.15, -0.1) is 11.3 Å². The molecule has 30 heavy (non-hydrogen) atoms. The predicted octanol–water partition coefficient (Wildman–Crippen LogP) is 4.86. The lowest BCUT2D eigenvalue weighted by Crippen LogP contribution is -2.14. The van der Waals surface area contributed by atoms with Crippen molar-refractivity contribution in [3.63, 3.8) is 0 Å². The molecule has 0 atom stereocenters. The summed E-state index contributed by atoms with van der Waals surface area (Å²) in [7, 11) is 0. The Hall–Kier alpha value is -3.85. The van der Waals surface area contributed by atoms with Crippen molar-refractivity contribution in [1.82, 2.24) is 10.1 Å². The summed E-state index contributed by atoms with van der Waals surface area (Å²) < 4.78 is 5.35. The van der Waals surface area contributed by atoms with Crippen LogP contribution in [0, 0.1) is 17.0 Å². The minimum absolute atomic E-state index is 0.0945. The topological polar surface area (TPSA) is 111 Å². The molecule has 4 aromatic rings. The molecule has 2 heterocycles. The van der Waals surface area contributed by atoms with E-state index in [0.717, 1.165) is 10.4 Å². The van der Waals surface area contributed by atoms with Crippen LogP contribution in [-0.2, 0) is 6.42 Å². The molecular weight excluding hydrogens is 404 g/mol. The molecule has 8 nitrogen and oxygen atoms in total. The minimum atomic E-state index is -0.499. The van der Waals surface area contributed by atoms with Gasteiger partial charge in [0.1, 0.15) is 0 Å². The van der Waals surface area contributed by atoms with Crippen LogP contribution in [0.2, 0.25) is 0 Å². The number of nitro groups is 1. The first-order valence-corrected chi connectivity index (χ1v) is 9.90. The van der Waals surface area contributed by atoms with Crippen molar-refractivity contribution in [2.24, 2.45) is 0 Å². The fourth-order valence-electron chi connectivity index (χ4n) is 2.93. The largest absolute Gasteiger partial charge is 0.339 e. The number of para-hydroxylation sites is 1. The molecule has 0 saturated heterocycles. The van der Waals surface area contributed by atoms with Crippen molar-refractivity contribution in [3.8, 4) is 10.7 Å². The molecule has 0 aliphatic carbocycles. The number of thiophene rings is 1. The number of benzene rings is 2. The molecule has 0 radical (unpaired) electrons. The summed E-state index contributed by atoms with van der Waals surface area (Å²) in [5, 5.41) is 19.9. The molecule has 0 bridgehead atoms. The predicted molar refractivity (Wildman–Crippen MR) is 113 cm³/mol. The van der Waals surface area contributed by atoms with Crippen LogP contribution < -0.4 is 5.32 Å². The SMILES string of the molecule is Cc1ccc(C(=O)Nc2ccccc2Cc2nc(-c3cccs3)no2)cc1[N+](=O)[O-]. The maximum absolute atomic E-state index is 12.7. The van der Waals surface area contributed by atoms with E-state index in [1.807, 2.05) is 29.6 Å². The lowest BCUT2D eigenvalue weighted by molar-refractivity contribution is -0.385. The molecule has 0 saturated carbocycles. The van der Waals surface area contributed by atoms with Crippen LogP contribution in [0.15, 0.2) is 64.5 Å². The summed E-state index contributed by atoms with van der Waals surface area (Å²) in [5.74, 6) is 0.509. The number of hydrogen-bond acceptors (Lipinski definition) is 7. The molecule has 150 valence electrons. The molecule has 9 heteroatoms. The van der Waals surface area contributed by atoms with E-state index in [0.29, 0.717) is 29.4 Å². The molecule has 2 aromatic heterocycles. The second-order valence-electron chi connectivity index (χ2n) is 6.54. The minimum Gasteiger partial charge on any atom is -0.339 e. The molecule has 0 aliphatic heterocycles. The second-order valence-corrected chi connectivity index (χ2v) is 7.48. The Balaban J connectivity index is 1.55. The number of rotatable bonds is 6. The van der Waals surface area contributed by atoms with Gasteiger partial charge in [-0.2, -0.15) is 4.98 Å². The molecule has 1 amide bonds. The lowest BCUT2D eigenvalue weighted by atomic mass is 10.1. The third-order valence-electron chi connectivity index (χ3n) is 4.48. The van der Waals surface area contributed by atoms with E-state index in [1.165, 1.54) is 17.4 Å². The summed E-state index contributed by atoms with van der Waals surface area (Å²) in [6, 6.07) is 15.5. The van der Waals surface area contributed by atoms with E-state index in [9.17, 15) is 14.9 Å². The van der Waals surface area contributed by atoms with E-state index in [-0.39, 0.29) is 11.3 Å². The Morgan fingerprint density at radius 2 is 2.03 bits per heavy atom. The fraction of sp³-hybridized carbons (Fsp3) is 0.0952. The van der Waals surface area contributed by atoms with Crippen LogP contribution in [-0.4, -0.2) is 21.0 Å². The van der Waals surface area contributed by atoms with Crippen molar-refractivity contribution in [2.45, 2.75) is 13.3 Å². The molecular formula is C21H16N4O4S. The van der Waals surface area contributed by atoms with Gasteiger partial charge >= 0.3 is 0 Å². The summed E-state index contributed by atoms with van der Waals surface area (Å²) in [6.07, 6.45) is 0.336. The fourth-order valence-corrected chi connectivity index (χ4v) is 3.58. The van der Waals surface area contributed by atoms with Gasteiger partial charge in [0, 0.05) is 22.9 Å². The highest BCUT2D eigenvalue weighted by Crippen LogP contribution is 2.25. The van der Waals surface area contributed by atoms with E-state index in [1.54, 1.807) is 31.2 Å². The van der Waals surface area contributed by atoms with Crippen molar-refractivity contribution >= 4 is 28.6 Å². The molecule has 0 aliphatic rings. The van der Waals surface area contributed by atoms with Gasteiger partial charge in [-0.25, -0.2) is 0 Å². The standard InChI is InChI=1S/C21H16N4O4S/c1-13-8-9-15(11-17(13)25(27)28)21(26)22-16-6-3-2-5-14(16)12-19-23-20(24-29-19)18-7-4-10-30-18/h2-11H,12H2,1H3,(H,22,26). The van der Waals surface area contributed by atoms with Crippen molar-refractivity contribution in [3.05, 3.63) is 92.7 Å². The average molecular weight is 420 g/mol. The molecule has 1 N–H and O–H groups in total. The van der Waals surface area contributed by atoms with E-state index in [4.69, 9.17) is 4.52 Å². The van der Waals surface area contributed by atoms with Crippen LogP contribution in [0.25, 0.3) is 10.7 Å². The lowest BCUT2D eigenvalue weighted by Gasteiger charge is -2.10. The third kappa shape index (κ3) is 4.11. The van der Waals surface area contributed by atoms with Crippen LogP contribution in [0.4, 0.5) is 11.4 Å². The quantitative estimate of drug-likeness (QED) is 0.352. The van der Waals surface area contributed by atoms with Crippen LogP contribution in [0.5, 0.6) is 0 Å². The molecule has 2 aromatic carbocycles. The van der Waals surface area contributed by atoms with Gasteiger partial charge in [0.25, 0.3) is 11.6 Å². The normalized spacial score (nSPS) is 10.7. The number of amides is 1. The summed E-state index contributed by atoms with van der Waals surface area (Å²) in [4.78, 5) is 28.7. The molecule has 0 fully saturated rings. The van der Waals surface area contributed by atoms with Crippen LogP contribution in [0.3, 0.4) is 0 Å². The van der Waals surface area contributed by atoms with Gasteiger partial charge in [-0.3, -0.25) is 14.9 Å². The third-order valence-corrected chi connectivity index (χ3v) is 5.35. The zero-order valence-corrected chi connectivity index (χ0v) is 16.7. The Labute approximate surface area is 175 Å². The smallest absolute Gasteiger partial charge is 0.273 e. The monoisotopic (exact) mass is 420 g/mol. The molecule has 0 unspecified atom stereocenters. The van der Waals surface area contributed by atoms with Crippen LogP contribution in [0.1, 0.15) is 27.4 Å². The number of carbonyl (C=O) groups is 1. The Morgan fingerprint density at radius 1 is 1.20 bits per heavy atom. The number of nitrogens with zero attached hydrogens (tertiary/aromatic N) is 3. The van der Waals surface area contributed by atoms with Gasteiger partial charge in [0.15, 0.2) is 0 Å². The number of nitrogens with one attached hydrogen (secondary N) is 1. The van der Waals surface area contributed by atoms with Gasteiger partial charge in [-0.1, -0.05) is 35.5 Å². The van der Waals surface area contributed by atoms with Crippen molar-refractivity contribution < 1.29 is 14.2 Å². The van der Waals surface area contributed by atoms with Gasteiger partial charge in [0.05, 0.1) is 16.2 Å². The van der Waals surface area contributed by atoms with E-state index < -0.39 is 10.8 Å². The molecule has 0 spiro atoms. The Morgan fingerprint density at radius 3 is 2.80 bits per heavy atom. The number of anilines is 1. The first kappa shape index (κ1) is 19.5. The summed E-state index contributed by atoms with van der Waals surface area (Å²) >= 11 is 1.52. The maximum atomic E-state index is 12.7. The number of nitro benzene ring substituents is 1. The van der Waals surface area contributed by atoms with Crippen molar-refractivity contribution in [1.29, 1.82) is 0 Å². The van der Waals surface area contributed by atoms with Crippen LogP contribution >= 0.6 is 11.3 Å². The Bertz CT molecular complexity index is 1220. The van der Waals surface area contributed by atoms with Crippen molar-refractivity contribution in [2.75, 3.05) is 5.32 Å². The number of aromatic nitrogens is 2. The number of hydrogen-bond donors (Lipinski definition) is 1. The highest BCUT2D eigenvalue weighted by atomic mass is 32.1.